The van der Waals surface area contributed by atoms with E-state index in [0.717, 1.165) is 52.6 Å². The molecule has 3 aromatic heterocycles. The molecule has 5 rings (SSSR count). The van der Waals surface area contributed by atoms with Crippen molar-refractivity contribution in [1.29, 1.82) is 0 Å². The van der Waals surface area contributed by atoms with Gasteiger partial charge in [0.05, 0.1) is 22.6 Å². The zero-order chi connectivity index (χ0) is 20.7. The van der Waals surface area contributed by atoms with E-state index in [1.54, 1.807) is 12.3 Å². The Hall–Kier alpha value is -2.77. The molecule has 152 valence electrons. The van der Waals surface area contributed by atoms with Crippen molar-refractivity contribution in [3.8, 4) is 0 Å². The number of fused-ring (bicyclic) bond motifs is 3. The van der Waals surface area contributed by atoms with Crippen molar-refractivity contribution in [2.75, 3.05) is 13.2 Å². The molecule has 4 aromatic rings. The molecule has 1 saturated heterocycles. The van der Waals surface area contributed by atoms with Crippen LogP contribution in [0.5, 0.6) is 0 Å². The van der Waals surface area contributed by atoms with Gasteiger partial charge in [-0.05, 0) is 52.4 Å². The average molecular weight is 466 g/mol. The Kier molecular flexibility index (Phi) is 5.00. The Morgan fingerprint density at radius 3 is 2.63 bits per heavy atom. The number of hydrogen-bond donors (Lipinski definition) is 1. The van der Waals surface area contributed by atoms with Gasteiger partial charge in [-0.1, -0.05) is 30.3 Å². The van der Waals surface area contributed by atoms with Gasteiger partial charge in [0, 0.05) is 35.5 Å². The van der Waals surface area contributed by atoms with Crippen molar-refractivity contribution < 1.29 is 14.6 Å². The Labute approximate surface area is 181 Å². The van der Waals surface area contributed by atoms with E-state index in [-0.39, 0.29) is 11.6 Å². The highest BCUT2D eigenvalue weighted by molar-refractivity contribution is 9.10. The second-order valence-corrected chi connectivity index (χ2v) is 8.51. The largest absolute Gasteiger partial charge is 0.478 e. The molecule has 0 saturated carbocycles. The summed E-state index contributed by atoms with van der Waals surface area (Å²) in [5, 5.41) is 10.2. The number of carbonyl (C=O) groups is 1. The first-order chi connectivity index (χ1) is 14.6. The molecule has 0 radical (unpaired) electrons. The van der Waals surface area contributed by atoms with Crippen LogP contribution in [-0.2, 0) is 4.74 Å². The molecule has 1 unspecified atom stereocenters. The highest BCUT2D eigenvalue weighted by Crippen LogP contribution is 2.40. The standard InChI is InChI=1S/C23H20BrN3O3/c24-17-11-19-20(25-13-17)18-10-16(23(28)29)12-26-22(18)27(19)21(14-4-2-1-3-5-14)15-6-8-30-9-7-15/h1-5,10-13,15,21H,6-9H2,(H,28,29). The van der Waals surface area contributed by atoms with Crippen molar-refractivity contribution in [2.24, 2.45) is 5.92 Å². The summed E-state index contributed by atoms with van der Waals surface area (Å²) in [5.74, 6) is -0.619. The van der Waals surface area contributed by atoms with Crippen molar-refractivity contribution in [2.45, 2.75) is 18.9 Å². The minimum Gasteiger partial charge on any atom is -0.478 e. The van der Waals surface area contributed by atoms with Gasteiger partial charge < -0.3 is 14.4 Å². The number of ether oxygens (including phenoxy) is 1. The lowest BCUT2D eigenvalue weighted by Gasteiger charge is -2.32. The fourth-order valence-electron chi connectivity index (χ4n) is 4.47. The van der Waals surface area contributed by atoms with Crippen LogP contribution in [-0.4, -0.2) is 38.8 Å². The molecule has 1 atom stereocenters. The van der Waals surface area contributed by atoms with Gasteiger partial charge >= 0.3 is 5.97 Å². The molecule has 4 heterocycles. The molecular weight excluding hydrogens is 446 g/mol. The number of pyridine rings is 2. The van der Waals surface area contributed by atoms with Crippen LogP contribution < -0.4 is 0 Å². The molecule has 1 aliphatic rings. The fourth-order valence-corrected chi connectivity index (χ4v) is 4.79. The molecule has 0 spiro atoms. The second-order valence-electron chi connectivity index (χ2n) is 7.60. The Balaban J connectivity index is 1.83. The lowest BCUT2D eigenvalue weighted by Crippen LogP contribution is -2.27. The molecule has 0 bridgehead atoms. The quantitative estimate of drug-likeness (QED) is 0.455. The number of aromatic carboxylic acids is 1. The SMILES string of the molecule is O=C(O)c1cnc2c(c1)c1ncc(Br)cc1n2C(c1ccccc1)C1CCOCC1. The van der Waals surface area contributed by atoms with Gasteiger partial charge in [-0.25, -0.2) is 9.78 Å². The molecule has 1 N–H and O–H groups in total. The number of hydrogen-bond acceptors (Lipinski definition) is 4. The van der Waals surface area contributed by atoms with Gasteiger partial charge in [0.1, 0.15) is 5.65 Å². The highest BCUT2D eigenvalue weighted by atomic mass is 79.9. The first kappa shape index (κ1) is 19.2. The number of rotatable bonds is 4. The van der Waals surface area contributed by atoms with Crippen molar-refractivity contribution in [3.05, 3.63) is 70.5 Å². The lowest BCUT2D eigenvalue weighted by molar-refractivity contribution is 0.0552. The van der Waals surface area contributed by atoms with Crippen LogP contribution in [0.4, 0.5) is 0 Å². The van der Waals surface area contributed by atoms with Crippen LogP contribution in [0, 0.1) is 5.92 Å². The smallest absolute Gasteiger partial charge is 0.337 e. The van der Waals surface area contributed by atoms with Gasteiger partial charge in [0.2, 0.25) is 0 Å². The van der Waals surface area contributed by atoms with Gasteiger partial charge in [0.15, 0.2) is 0 Å². The summed E-state index contributed by atoms with van der Waals surface area (Å²) in [4.78, 5) is 20.8. The molecular formula is C23H20BrN3O3. The van der Waals surface area contributed by atoms with Gasteiger partial charge in [-0.2, -0.15) is 0 Å². The monoisotopic (exact) mass is 465 g/mol. The third kappa shape index (κ3) is 3.28. The number of carboxylic acid groups (broad SMARTS) is 1. The maximum atomic E-state index is 11.6. The van der Waals surface area contributed by atoms with E-state index in [9.17, 15) is 9.90 Å². The lowest BCUT2D eigenvalue weighted by atomic mass is 9.86. The number of nitrogens with zero attached hydrogens (tertiary/aromatic N) is 3. The van der Waals surface area contributed by atoms with Gasteiger partial charge in [-0.3, -0.25) is 4.98 Å². The first-order valence-corrected chi connectivity index (χ1v) is 10.7. The number of carboxylic acids is 1. The molecule has 30 heavy (non-hydrogen) atoms. The summed E-state index contributed by atoms with van der Waals surface area (Å²) < 4.78 is 8.74. The zero-order valence-corrected chi connectivity index (χ0v) is 17.7. The summed E-state index contributed by atoms with van der Waals surface area (Å²) in [5.41, 5.74) is 3.81. The van der Waals surface area contributed by atoms with Crippen LogP contribution in [0.2, 0.25) is 0 Å². The predicted molar refractivity (Wildman–Crippen MR) is 118 cm³/mol. The third-order valence-corrected chi connectivity index (χ3v) is 6.26. The molecule has 1 aromatic carbocycles. The molecule has 1 aliphatic heterocycles. The fraction of sp³-hybridized carbons (Fsp3) is 0.261. The number of halogens is 1. The second kappa shape index (κ2) is 7.81. The summed E-state index contributed by atoms with van der Waals surface area (Å²) in [7, 11) is 0. The molecule has 7 heteroatoms. The minimum atomic E-state index is -0.994. The maximum Gasteiger partial charge on any atom is 0.337 e. The van der Waals surface area contributed by atoms with Crippen LogP contribution in [0.3, 0.4) is 0 Å². The highest BCUT2D eigenvalue weighted by Gasteiger charge is 2.30. The van der Waals surface area contributed by atoms with E-state index in [2.05, 4.69) is 54.7 Å². The van der Waals surface area contributed by atoms with Crippen LogP contribution in [0.1, 0.15) is 34.8 Å². The van der Waals surface area contributed by atoms with Crippen molar-refractivity contribution in [3.63, 3.8) is 0 Å². The van der Waals surface area contributed by atoms with E-state index in [4.69, 9.17) is 4.74 Å². The van der Waals surface area contributed by atoms with Gasteiger partial charge in [0.25, 0.3) is 0 Å². The van der Waals surface area contributed by atoms with E-state index >= 15 is 0 Å². The summed E-state index contributed by atoms with van der Waals surface area (Å²) in [6.07, 6.45) is 5.08. The van der Waals surface area contributed by atoms with E-state index in [1.807, 2.05) is 12.1 Å². The summed E-state index contributed by atoms with van der Waals surface area (Å²) >= 11 is 3.55. The molecule has 0 amide bonds. The number of benzene rings is 1. The van der Waals surface area contributed by atoms with Crippen molar-refractivity contribution >= 4 is 44.0 Å². The van der Waals surface area contributed by atoms with Gasteiger partial charge in [-0.15, -0.1) is 0 Å². The molecule has 6 nitrogen and oxygen atoms in total. The molecule has 1 fully saturated rings. The minimum absolute atomic E-state index is 0.0504. The summed E-state index contributed by atoms with van der Waals surface area (Å²) in [6, 6.07) is 14.2. The third-order valence-electron chi connectivity index (χ3n) is 5.82. The maximum absolute atomic E-state index is 11.6. The van der Waals surface area contributed by atoms with Crippen LogP contribution >= 0.6 is 15.9 Å². The predicted octanol–water partition coefficient (Wildman–Crippen LogP) is 5.06. The van der Waals surface area contributed by atoms with Crippen LogP contribution in [0.15, 0.2) is 59.3 Å². The van der Waals surface area contributed by atoms with Crippen molar-refractivity contribution in [1.82, 2.24) is 14.5 Å². The van der Waals surface area contributed by atoms with Crippen LogP contribution in [0.25, 0.3) is 22.1 Å². The van der Waals surface area contributed by atoms with E-state index in [1.165, 1.54) is 11.8 Å². The normalized spacial score (nSPS) is 16.2. The van der Waals surface area contributed by atoms with E-state index in [0.29, 0.717) is 5.92 Å². The average Bonchev–Trinajstić information content (AvgIpc) is 3.08. The van der Waals surface area contributed by atoms with E-state index < -0.39 is 5.97 Å². The topological polar surface area (TPSA) is 77.2 Å². The Morgan fingerprint density at radius 2 is 1.90 bits per heavy atom. The Morgan fingerprint density at radius 1 is 1.13 bits per heavy atom. The first-order valence-electron chi connectivity index (χ1n) is 9.94. The Bertz CT molecular complexity index is 1230. The zero-order valence-electron chi connectivity index (χ0n) is 16.2. The molecule has 0 aliphatic carbocycles. The summed E-state index contributed by atoms with van der Waals surface area (Å²) in [6.45, 7) is 1.48. The number of aromatic nitrogens is 3.